The number of ether oxygens (including phenoxy) is 1. The van der Waals surface area contributed by atoms with Crippen LogP contribution in [0, 0.1) is 0 Å². The van der Waals surface area contributed by atoms with E-state index in [4.69, 9.17) is 4.74 Å². The summed E-state index contributed by atoms with van der Waals surface area (Å²) in [5.41, 5.74) is 0.717. The molecule has 0 aliphatic heterocycles. The molecule has 1 N–H and O–H groups in total. The SMILES string of the molecule is CC=Cc1ccc(O)c(OC)c1.O=c1cccco1. The van der Waals surface area contributed by atoms with Gasteiger partial charge in [-0.3, -0.25) is 0 Å². The van der Waals surface area contributed by atoms with E-state index in [1.807, 2.05) is 25.1 Å². The van der Waals surface area contributed by atoms with Crippen molar-refractivity contribution in [3.8, 4) is 11.5 Å². The zero-order chi connectivity index (χ0) is 14.1. The number of phenols is 1. The van der Waals surface area contributed by atoms with Gasteiger partial charge >= 0.3 is 5.63 Å². The Hall–Kier alpha value is -2.49. The van der Waals surface area contributed by atoms with E-state index in [1.54, 1.807) is 24.3 Å². The molecule has 0 aliphatic rings. The monoisotopic (exact) mass is 260 g/mol. The highest BCUT2D eigenvalue weighted by Crippen LogP contribution is 2.26. The minimum absolute atomic E-state index is 0.172. The number of aromatic hydroxyl groups is 1. The molecule has 1 aromatic carbocycles. The lowest BCUT2D eigenvalue weighted by Gasteiger charge is -2.03. The Kier molecular flexibility index (Phi) is 5.95. The predicted molar refractivity (Wildman–Crippen MR) is 74.3 cm³/mol. The lowest BCUT2D eigenvalue weighted by Crippen LogP contribution is -1.90. The molecule has 0 saturated heterocycles. The first-order chi connectivity index (χ1) is 9.17. The number of hydrogen-bond acceptors (Lipinski definition) is 4. The van der Waals surface area contributed by atoms with E-state index in [-0.39, 0.29) is 11.4 Å². The fourth-order valence-electron chi connectivity index (χ4n) is 1.32. The molecule has 2 aromatic rings. The van der Waals surface area contributed by atoms with Crippen LogP contribution < -0.4 is 10.4 Å². The topological polar surface area (TPSA) is 59.7 Å². The number of hydrogen-bond donors (Lipinski definition) is 1. The van der Waals surface area contributed by atoms with Crippen molar-refractivity contribution >= 4 is 6.08 Å². The van der Waals surface area contributed by atoms with Gasteiger partial charge in [0.2, 0.25) is 0 Å². The molecular formula is C15H16O4. The van der Waals surface area contributed by atoms with Crippen molar-refractivity contribution in [3.05, 3.63) is 64.7 Å². The Balaban J connectivity index is 0.000000218. The molecule has 1 heterocycles. The van der Waals surface area contributed by atoms with Gasteiger partial charge in [0.1, 0.15) is 0 Å². The van der Waals surface area contributed by atoms with Crippen molar-refractivity contribution < 1.29 is 14.3 Å². The summed E-state index contributed by atoms with van der Waals surface area (Å²) < 4.78 is 9.32. The van der Waals surface area contributed by atoms with Crippen LogP contribution in [0.15, 0.2) is 57.9 Å². The largest absolute Gasteiger partial charge is 0.504 e. The van der Waals surface area contributed by atoms with Crippen LogP contribution in [-0.4, -0.2) is 12.2 Å². The first-order valence-electron chi connectivity index (χ1n) is 5.71. The number of methoxy groups -OCH3 is 1. The molecular weight excluding hydrogens is 244 g/mol. The normalized spacial score (nSPS) is 9.79. The van der Waals surface area contributed by atoms with Crippen LogP contribution in [0.5, 0.6) is 11.5 Å². The van der Waals surface area contributed by atoms with Crippen LogP contribution in [0.2, 0.25) is 0 Å². The van der Waals surface area contributed by atoms with Gasteiger partial charge in [0, 0.05) is 6.07 Å². The maximum atomic E-state index is 10.1. The third-order valence-corrected chi connectivity index (χ3v) is 2.17. The van der Waals surface area contributed by atoms with Crippen LogP contribution in [0.1, 0.15) is 12.5 Å². The average molecular weight is 260 g/mol. The lowest BCUT2D eigenvalue weighted by atomic mass is 10.2. The fourth-order valence-corrected chi connectivity index (χ4v) is 1.32. The van der Waals surface area contributed by atoms with Crippen molar-refractivity contribution in [2.75, 3.05) is 7.11 Å². The van der Waals surface area contributed by atoms with Crippen LogP contribution in [0.25, 0.3) is 6.08 Å². The molecule has 1 aromatic heterocycles. The molecule has 4 heteroatoms. The summed E-state index contributed by atoms with van der Waals surface area (Å²) in [5.74, 6) is 0.677. The molecule has 0 amide bonds. The van der Waals surface area contributed by atoms with Crippen molar-refractivity contribution in [1.29, 1.82) is 0 Å². The average Bonchev–Trinajstić information content (AvgIpc) is 2.43. The Morgan fingerprint density at radius 3 is 2.53 bits per heavy atom. The van der Waals surface area contributed by atoms with E-state index in [0.29, 0.717) is 5.75 Å². The van der Waals surface area contributed by atoms with Crippen LogP contribution >= 0.6 is 0 Å². The van der Waals surface area contributed by atoms with Gasteiger partial charge < -0.3 is 14.3 Å². The molecule has 19 heavy (non-hydrogen) atoms. The number of phenolic OH excluding ortho intramolecular Hbond substituents is 1. The maximum Gasteiger partial charge on any atom is 0.335 e. The summed E-state index contributed by atoms with van der Waals surface area (Å²) in [6.07, 6.45) is 5.23. The number of rotatable bonds is 2. The van der Waals surface area contributed by atoms with E-state index < -0.39 is 0 Å². The highest BCUT2D eigenvalue weighted by atomic mass is 16.5. The summed E-state index contributed by atoms with van der Waals surface area (Å²) in [6.45, 7) is 1.94. The molecule has 0 aliphatic carbocycles. The molecule has 0 bridgehead atoms. The van der Waals surface area contributed by atoms with Crippen molar-refractivity contribution in [1.82, 2.24) is 0 Å². The summed E-state index contributed by atoms with van der Waals surface area (Å²) in [5, 5.41) is 9.25. The molecule has 0 unspecified atom stereocenters. The smallest absolute Gasteiger partial charge is 0.335 e. The van der Waals surface area contributed by atoms with Gasteiger partial charge in [-0.15, -0.1) is 0 Å². The van der Waals surface area contributed by atoms with E-state index >= 15 is 0 Å². The second kappa shape index (κ2) is 7.76. The summed E-state index contributed by atoms with van der Waals surface area (Å²) in [6, 6.07) is 9.88. The van der Waals surface area contributed by atoms with Crippen LogP contribution in [0.4, 0.5) is 0 Å². The van der Waals surface area contributed by atoms with Gasteiger partial charge in [-0.05, 0) is 30.7 Å². The third-order valence-electron chi connectivity index (χ3n) is 2.17. The third kappa shape index (κ3) is 5.12. The Morgan fingerprint density at radius 1 is 1.26 bits per heavy atom. The second-order valence-corrected chi connectivity index (χ2v) is 3.56. The Bertz CT molecular complexity index is 567. The summed E-state index contributed by atoms with van der Waals surface area (Å²) in [4.78, 5) is 10.1. The van der Waals surface area contributed by atoms with E-state index in [2.05, 4.69) is 4.42 Å². The zero-order valence-electron chi connectivity index (χ0n) is 10.9. The van der Waals surface area contributed by atoms with Crippen molar-refractivity contribution in [2.45, 2.75) is 6.92 Å². The van der Waals surface area contributed by atoms with Gasteiger partial charge in [0.25, 0.3) is 0 Å². The van der Waals surface area contributed by atoms with Crippen LogP contribution in [-0.2, 0) is 0 Å². The minimum Gasteiger partial charge on any atom is -0.504 e. The Labute approximate surface area is 111 Å². The van der Waals surface area contributed by atoms with Gasteiger partial charge in [-0.1, -0.05) is 24.3 Å². The fraction of sp³-hybridized carbons (Fsp3) is 0.133. The van der Waals surface area contributed by atoms with E-state index in [0.717, 1.165) is 5.56 Å². The molecule has 100 valence electrons. The van der Waals surface area contributed by atoms with Crippen LogP contribution in [0.3, 0.4) is 0 Å². The molecule has 0 spiro atoms. The highest BCUT2D eigenvalue weighted by Gasteiger charge is 1.99. The van der Waals surface area contributed by atoms with E-state index in [1.165, 1.54) is 19.4 Å². The van der Waals surface area contributed by atoms with Gasteiger partial charge in [0.05, 0.1) is 13.4 Å². The summed E-state index contributed by atoms with van der Waals surface area (Å²) >= 11 is 0. The molecule has 0 fully saturated rings. The van der Waals surface area contributed by atoms with Gasteiger partial charge in [-0.25, -0.2) is 4.79 Å². The molecule has 0 saturated carbocycles. The standard InChI is InChI=1S/C10H12O2.C5H4O2/c1-3-4-8-5-6-9(11)10(7-8)12-2;6-5-3-1-2-4-7-5/h3-7,11H,1-2H3;1-4H. The Morgan fingerprint density at radius 2 is 2.05 bits per heavy atom. The molecule has 0 atom stereocenters. The van der Waals surface area contributed by atoms with Crippen molar-refractivity contribution in [3.63, 3.8) is 0 Å². The summed E-state index contributed by atoms with van der Waals surface area (Å²) in [7, 11) is 1.54. The number of allylic oxidation sites excluding steroid dienone is 1. The molecule has 0 radical (unpaired) electrons. The quantitative estimate of drug-likeness (QED) is 0.901. The van der Waals surface area contributed by atoms with Gasteiger partial charge in [-0.2, -0.15) is 0 Å². The highest BCUT2D eigenvalue weighted by molar-refractivity contribution is 5.55. The minimum atomic E-state index is -0.303. The molecule has 2 rings (SSSR count). The van der Waals surface area contributed by atoms with E-state index in [9.17, 15) is 9.90 Å². The molecule has 4 nitrogen and oxygen atoms in total. The lowest BCUT2D eigenvalue weighted by molar-refractivity contribution is 0.373. The van der Waals surface area contributed by atoms with Crippen molar-refractivity contribution in [2.24, 2.45) is 0 Å². The second-order valence-electron chi connectivity index (χ2n) is 3.56. The van der Waals surface area contributed by atoms with Gasteiger partial charge in [0.15, 0.2) is 11.5 Å². The zero-order valence-corrected chi connectivity index (χ0v) is 10.9. The maximum absolute atomic E-state index is 10.1. The number of benzene rings is 1. The first kappa shape index (κ1) is 14.6. The predicted octanol–water partition coefficient (Wildman–Crippen LogP) is 3.07. The first-order valence-corrected chi connectivity index (χ1v) is 5.71.